The SMILES string of the molecule is O=C(O)[C@@H]1CC(CO)C[C@H]1C(=O)O. The smallest absolute Gasteiger partial charge is 0.307 e. The molecule has 1 saturated carbocycles. The summed E-state index contributed by atoms with van der Waals surface area (Å²) in [4.78, 5) is 21.3. The molecule has 1 rings (SSSR count). The first-order valence-electron chi connectivity index (χ1n) is 4.12. The summed E-state index contributed by atoms with van der Waals surface area (Å²) in [5.74, 6) is -4.02. The highest BCUT2D eigenvalue weighted by molar-refractivity contribution is 5.80. The number of hydrogen-bond donors (Lipinski definition) is 3. The molecule has 2 atom stereocenters. The van der Waals surface area contributed by atoms with E-state index in [1.54, 1.807) is 0 Å². The van der Waals surface area contributed by atoms with Crippen molar-refractivity contribution < 1.29 is 24.9 Å². The zero-order chi connectivity index (χ0) is 10.0. The van der Waals surface area contributed by atoms with Crippen LogP contribution in [0.25, 0.3) is 0 Å². The van der Waals surface area contributed by atoms with Crippen LogP contribution in [0.4, 0.5) is 0 Å². The van der Waals surface area contributed by atoms with Gasteiger partial charge in [-0.25, -0.2) is 0 Å². The molecule has 1 aliphatic rings. The van der Waals surface area contributed by atoms with Gasteiger partial charge in [-0.2, -0.15) is 0 Å². The molecule has 1 aliphatic carbocycles. The second kappa shape index (κ2) is 3.74. The number of aliphatic hydroxyl groups is 1. The zero-order valence-electron chi connectivity index (χ0n) is 7.01. The summed E-state index contributed by atoms with van der Waals surface area (Å²) in [7, 11) is 0. The van der Waals surface area contributed by atoms with Gasteiger partial charge in [-0.1, -0.05) is 0 Å². The minimum Gasteiger partial charge on any atom is -0.481 e. The molecule has 0 aromatic carbocycles. The van der Waals surface area contributed by atoms with E-state index >= 15 is 0 Å². The molecule has 5 nitrogen and oxygen atoms in total. The van der Waals surface area contributed by atoms with E-state index < -0.39 is 23.8 Å². The van der Waals surface area contributed by atoms with E-state index in [9.17, 15) is 9.59 Å². The summed E-state index contributed by atoms with van der Waals surface area (Å²) >= 11 is 0. The molecule has 0 radical (unpaired) electrons. The van der Waals surface area contributed by atoms with E-state index in [-0.39, 0.29) is 25.4 Å². The Labute approximate surface area is 75.0 Å². The maximum absolute atomic E-state index is 10.6. The topological polar surface area (TPSA) is 94.8 Å². The quantitative estimate of drug-likeness (QED) is 0.569. The van der Waals surface area contributed by atoms with Crippen molar-refractivity contribution in [2.45, 2.75) is 12.8 Å². The van der Waals surface area contributed by atoms with Crippen LogP contribution in [-0.4, -0.2) is 33.9 Å². The largest absolute Gasteiger partial charge is 0.481 e. The van der Waals surface area contributed by atoms with Gasteiger partial charge in [0.25, 0.3) is 0 Å². The standard InChI is InChI=1S/C8H12O5/c9-3-4-1-5(7(10)11)6(2-4)8(12)13/h4-6,9H,1-3H2,(H,10,11)(H,12,13)/t5-,6-/m1/s1. The van der Waals surface area contributed by atoms with Crippen LogP contribution in [0.1, 0.15) is 12.8 Å². The lowest BCUT2D eigenvalue weighted by molar-refractivity contribution is -0.152. The van der Waals surface area contributed by atoms with Crippen LogP contribution in [0.2, 0.25) is 0 Å². The van der Waals surface area contributed by atoms with Gasteiger partial charge in [-0.05, 0) is 18.8 Å². The first-order chi connectivity index (χ1) is 6.06. The molecular formula is C8H12O5. The zero-order valence-corrected chi connectivity index (χ0v) is 7.01. The van der Waals surface area contributed by atoms with Crippen molar-refractivity contribution in [1.29, 1.82) is 0 Å². The maximum atomic E-state index is 10.6. The molecule has 0 bridgehead atoms. The highest BCUT2D eigenvalue weighted by atomic mass is 16.4. The second-order valence-corrected chi connectivity index (χ2v) is 3.41. The summed E-state index contributed by atoms with van der Waals surface area (Å²) in [6.45, 7) is -0.131. The van der Waals surface area contributed by atoms with Crippen LogP contribution in [0.3, 0.4) is 0 Å². The average Bonchev–Trinajstić information content (AvgIpc) is 2.47. The van der Waals surface area contributed by atoms with Gasteiger partial charge in [0, 0.05) is 6.61 Å². The molecule has 0 amide bonds. The number of hydrogen-bond acceptors (Lipinski definition) is 3. The van der Waals surface area contributed by atoms with Crippen LogP contribution in [-0.2, 0) is 9.59 Å². The van der Waals surface area contributed by atoms with Crippen LogP contribution >= 0.6 is 0 Å². The highest BCUT2D eigenvalue weighted by Gasteiger charge is 2.42. The predicted octanol–water partition coefficient (Wildman–Crippen LogP) is -0.210. The summed E-state index contributed by atoms with van der Waals surface area (Å²) in [6.07, 6.45) is 0.533. The maximum Gasteiger partial charge on any atom is 0.307 e. The number of aliphatic hydroxyl groups excluding tert-OH is 1. The third-order valence-electron chi connectivity index (χ3n) is 2.55. The molecule has 0 saturated heterocycles. The normalized spacial score (nSPS) is 29.0. The molecule has 74 valence electrons. The van der Waals surface area contributed by atoms with E-state index in [2.05, 4.69) is 0 Å². The Bertz CT molecular complexity index is 203. The fraction of sp³-hybridized carbons (Fsp3) is 0.750. The van der Waals surface area contributed by atoms with E-state index in [0.29, 0.717) is 0 Å². The molecule has 0 spiro atoms. The first kappa shape index (κ1) is 9.98. The summed E-state index contributed by atoms with van der Waals surface area (Å²) < 4.78 is 0. The van der Waals surface area contributed by atoms with Crippen LogP contribution < -0.4 is 0 Å². The van der Waals surface area contributed by atoms with E-state index in [0.717, 1.165) is 0 Å². The van der Waals surface area contributed by atoms with E-state index in [1.165, 1.54) is 0 Å². The van der Waals surface area contributed by atoms with Crippen molar-refractivity contribution in [2.24, 2.45) is 17.8 Å². The van der Waals surface area contributed by atoms with Gasteiger partial charge in [0.15, 0.2) is 0 Å². The van der Waals surface area contributed by atoms with Gasteiger partial charge in [0.2, 0.25) is 0 Å². The van der Waals surface area contributed by atoms with Crippen molar-refractivity contribution >= 4 is 11.9 Å². The van der Waals surface area contributed by atoms with Crippen molar-refractivity contribution in [3.05, 3.63) is 0 Å². The Morgan fingerprint density at radius 1 is 1.08 bits per heavy atom. The summed E-state index contributed by atoms with van der Waals surface area (Å²) in [5.41, 5.74) is 0. The summed E-state index contributed by atoms with van der Waals surface area (Å²) in [6, 6.07) is 0. The number of aliphatic carboxylic acids is 2. The van der Waals surface area contributed by atoms with E-state index in [1.807, 2.05) is 0 Å². The average molecular weight is 188 g/mol. The minimum absolute atomic E-state index is 0.131. The number of carboxylic acid groups (broad SMARTS) is 2. The summed E-state index contributed by atoms with van der Waals surface area (Å²) in [5, 5.41) is 26.2. The molecule has 0 aromatic rings. The lowest BCUT2D eigenvalue weighted by Gasteiger charge is -2.08. The second-order valence-electron chi connectivity index (χ2n) is 3.41. The first-order valence-corrected chi connectivity index (χ1v) is 4.12. The Morgan fingerprint density at radius 2 is 1.46 bits per heavy atom. The van der Waals surface area contributed by atoms with Gasteiger partial charge < -0.3 is 15.3 Å². The molecule has 0 aliphatic heterocycles. The molecule has 0 unspecified atom stereocenters. The Morgan fingerprint density at radius 3 is 1.69 bits per heavy atom. The Balaban J connectivity index is 2.71. The predicted molar refractivity (Wildman–Crippen MR) is 42.1 cm³/mol. The van der Waals surface area contributed by atoms with Crippen molar-refractivity contribution in [3.63, 3.8) is 0 Å². The number of carboxylic acids is 2. The van der Waals surface area contributed by atoms with Crippen LogP contribution in [0.15, 0.2) is 0 Å². The molecule has 1 fully saturated rings. The minimum atomic E-state index is -1.08. The third-order valence-corrected chi connectivity index (χ3v) is 2.55. The molecule has 5 heteroatoms. The fourth-order valence-corrected chi connectivity index (χ4v) is 1.84. The monoisotopic (exact) mass is 188 g/mol. The third kappa shape index (κ3) is 1.98. The number of rotatable bonds is 3. The fourth-order valence-electron chi connectivity index (χ4n) is 1.84. The lowest BCUT2D eigenvalue weighted by Crippen LogP contribution is -2.24. The lowest BCUT2D eigenvalue weighted by atomic mass is 9.97. The van der Waals surface area contributed by atoms with Crippen LogP contribution in [0, 0.1) is 17.8 Å². The van der Waals surface area contributed by atoms with Gasteiger partial charge >= 0.3 is 11.9 Å². The van der Waals surface area contributed by atoms with E-state index in [4.69, 9.17) is 15.3 Å². The van der Waals surface area contributed by atoms with Crippen LogP contribution in [0.5, 0.6) is 0 Å². The van der Waals surface area contributed by atoms with Crippen molar-refractivity contribution in [1.82, 2.24) is 0 Å². The molecule has 0 heterocycles. The van der Waals surface area contributed by atoms with Crippen molar-refractivity contribution in [3.8, 4) is 0 Å². The molecule has 3 N–H and O–H groups in total. The molecule has 13 heavy (non-hydrogen) atoms. The van der Waals surface area contributed by atoms with Gasteiger partial charge in [0.05, 0.1) is 11.8 Å². The van der Waals surface area contributed by atoms with Crippen molar-refractivity contribution in [2.75, 3.05) is 6.61 Å². The highest BCUT2D eigenvalue weighted by Crippen LogP contribution is 2.36. The van der Waals surface area contributed by atoms with Gasteiger partial charge in [-0.15, -0.1) is 0 Å². The molecule has 0 aromatic heterocycles. The Hall–Kier alpha value is -1.10. The molecular weight excluding hydrogens is 176 g/mol. The van der Waals surface area contributed by atoms with Gasteiger partial charge in [0.1, 0.15) is 0 Å². The number of carbonyl (C=O) groups is 2. The Kier molecular flexibility index (Phi) is 2.87. The van der Waals surface area contributed by atoms with Gasteiger partial charge in [-0.3, -0.25) is 9.59 Å².